The second kappa shape index (κ2) is 9.91. The number of rotatable bonds is 7. The molecular formula is C19H26N2O5. The fourth-order valence-electron chi connectivity index (χ4n) is 2.92. The Kier molecular flexibility index (Phi) is 7.59. The topological polar surface area (TPSA) is 76.2 Å². The van der Waals surface area contributed by atoms with Gasteiger partial charge in [-0.2, -0.15) is 0 Å². The van der Waals surface area contributed by atoms with Crippen LogP contribution < -0.4 is 0 Å². The van der Waals surface area contributed by atoms with E-state index < -0.39 is 0 Å². The zero-order chi connectivity index (χ0) is 18.9. The summed E-state index contributed by atoms with van der Waals surface area (Å²) in [6.07, 6.45) is 0.562. The highest BCUT2D eigenvalue weighted by molar-refractivity contribution is 5.85. The summed E-state index contributed by atoms with van der Waals surface area (Å²) in [6.45, 7) is 1.33. The zero-order valence-corrected chi connectivity index (χ0v) is 15.3. The number of hydrogen-bond donors (Lipinski definition) is 0. The molecule has 1 aliphatic rings. The van der Waals surface area contributed by atoms with Crippen LogP contribution in [0.4, 0.5) is 0 Å². The van der Waals surface area contributed by atoms with E-state index in [2.05, 4.69) is 4.74 Å². The third-order valence-electron chi connectivity index (χ3n) is 4.43. The lowest BCUT2D eigenvalue weighted by atomic mass is 10.2. The second-order valence-corrected chi connectivity index (χ2v) is 6.32. The molecule has 0 aliphatic carbocycles. The molecule has 1 saturated heterocycles. The number of carbonyl (C=O) groups is 3. The Hall–Kier alpha value is -2.41. The summed E-state index contributed by atoms with van der Waals surface area (Å²) in [5.41, 5.74) is 1.04. The molecule has 1 fully saturated rings. The number of carbonyl (C=O) groups excluding carboxylic acids is 3. The zero-order valence-electron chi connectivity index (χ0n) is 15.3. The second-order valence-electron chi connectivity index (χ2n) is 6.32. The van der Waals surface area contributed by atoms with Crippen molar-refractivity contribution < 1.29 is 23.9 Å². The van der Waals surface area contributed by atoms with Crippen LogP contribution in [0, 0.1) is 0 Å². The number of methoxy groups -OCH3 is 2. The number of nitrogens with zero attached hydrogens (tertiary/aromatic N) is 2. The van der Waals surface area contributed by atoms with E-state index in [-0.39, 0.29) is 43.3 Å². The standard InChI is InChI=1S/C19H26N2O5/c1-25-16-12-20(11-15-7-4-3-5-8-15)18(23)14-21(13-16)17(22)9-6-10-19(24)26-2/h3-5,7-8,16H,6,9-14H2,1-2H3. The molecule has 2 amide bonds. The Labute approximate surface area is 153 Å². The maximum Gasteiger partial charge on any atom is 0.305 e. The third-order valence-corrected chi connectivity index (χ3v) is 4.43. The maximum atomic E-state index is 12.6. The minimum atomic E-state index is -0.339. The SMILES string of the molecule is COC(=O)CCCC(=O)N1CC(=O)N(Cc2ccccc2)CC(OC)C1. The lowest BCUT2D eigenvalue weighted by molar-refractivity contribution is -0.141. The van der Waals surface area contributed by atoms with Gasteiger partial charge in [0.15, 0.2) is 0 Å². The van der Waals surface area contributed by atoms with E-state index in [1.807, 2.05) is 30.3 Å². The highest BCUT2D eigenvalue weighted by Crippen LogP contribution is 2.14. The summed E-state index contributed by atoms with van der Waals surface area (Å²) in [7, 11) is 2.91. The normalized spacial score (nSPS) is 17.8. The molecule has 0 spiro atoms. The van der Waals surface area contributed by atoms with Crippen molar-refractivity contribution in [2.45, 2.75) is 31.9 Å². The van der Waals surface area contributed by atoms with Crippen LogP contribution in [0.15, 0.2) is 30.3 Å². The molecule has 1 atom stereocenters. The molecule has 1 unspecified atom stereocenters. The van der Waals surface area contributed by atoms with E-state index in [0.29, 0.717) is 26.1 Å². The van der Waals surface area contributed by atoms with Gasteiger partial charge in [0.1, 0.15) is 0 Å². The monoisotopic (exact) mass is 362 g/mol. The molecule has 26 heavy (non-hydrogen) atoms. The van der Waals surface area contributed by atoms with Crippen molar-refractivity contribution in [2.24, 2.45) is 0 Å². The first-order chi connectivity index (χ1) is 12.5. The van der Waals surface area contributed by atoms with Crippen LogP contribution in [0.3, 0.4) is 0 Å². The van der Waals surface area contributed by atoms with Gasteiger partial charge in [-0.1, -0.05) is 30.3 Å². The minimum Gasteiger partial charge on any atom is -0.469 e. The Balaban J connectivity index is 1.97. The molecule has 1 aliphatic heterocycles. The van der Waals surface area contributed by atoms with Gasteiger partial charge in [-0.15, -0.1) is 0 Å². The smallest absolute Gasteiger partial charge is 0.305 e. The number of benzene rings is 1. The summed E-state index contributed by atoms with van der Waals surface area (Å²) in [4.78, 5) is 39.5. The van der Waals surface area contributed by atoms with E-state index in [1.54, 1.807) is 12.0 Å². The predicted octanol–water partition coefficient (Wildman–Crippen LogP) is 1.22. The van der Waals surface area contributed by atoms with E-state index in [4.69, 9.17) is 4.74 Å². The summed E-state index contributed by atoms with van der Waals surface area (Å²) in [5.74, 6) is -0.589. The molecule has 0 aromatic heterocycles. The molecule has 7 nitrogen and oxygen atoms in total. The van der Waals surface area contributed by atoms with Crippen LogP contribution in [-0.2, 0) is 30.4 Å². The molecule has 0 radical (unpaired) electrons. The highest BCUT2D eigenvalue weighted by atomic mass is 16.5. The highest BCUT2D eigenvalue weighted by Gasteiger charge is 2.30. The van der Waals surface area contributed by atoms with Gasteiger partial charge in [0.2, 0.25) is 11.8 Å². The van der Waals surface area contributed by atoms with Gasteiger partial charge in [-0.05, 0) is 12.0 Å². The van der Waals surface area contributed by atoms with Gasteiger partial charge in [0, 0.05) is 39.6 Å². The van der Waals surface area contributed by atoms with Crippen molar-refractivity contribution in [2.75, 3.05) is 33.9 Å². The Morgan fingerprint density at radius 3 is 2.50 bits per heavy atom. The number of ether oxygens (including phenoxy) is 2. The van der Waals surface area contributed by atoms with Crippen LogP contribution in [-0.4, -0.2) is 67.5 Å². The van der Waals surface area contributed by atoms with Crippen LogP contribution in [0.1, 0.15) is 24.8 Å². The molecule has 2 rings (SSSR count). The average molecular weight is 362 g/mol. The van der Waals surface area contributed by atoms with Crippen LogP contribution in [0.2, 0.25) is 0 Å². The first-order valence-corrected chi connectivity index (χ1v) is 8.72. The number of amides is 2. The summed E-state index contributed by atoms with van der Waals surface area (Å²) in [6, 6.07) is 9.73. The molecule has 142 valence electrons. The van der Waals surface area contributed by atoms with E-state index in [1.165, 1.54) is 12.0 Å². The van der Waals surface area contributed by atoms with Crippen molar-refractivity contribution in [1.29, 1.82) is 0 Å². The maximum absolute atomic E-state index is 12.6. The fraction of sp³-hybridized carbons (Fsp3) is 0.526. The van der Waals surface area contributed by atoms with Gasteiger partial charge in [-0.3, -0.25) is 14.4 Å². The third kappa shape index (κ3) is 5.84. The Bertz CT molecular complexity index is 620. The van der Waals surface area contributed by atoms with Gasteiger partial charge in [0.25, 0.3) is 0 Å². The summed E-state index contributed by atoms with van der Waals surface area (Å²) in [5, 5.41) is 0. The lowest BCUT2D eigenvalue weighted by Gasteiger charge is -2.23. The minimum absolute atomic E-state index is 0.0315. The molecule has 7 heteroatoms. The first kappa shape index (κ1) is 19.9. The molecule has 0 N–H and O–H groups in total. The van der Waals surface area contributed by atoms with Gasteiger partial charge >= 0.3 is 5.97 Å². The number of hydrogen-bond acceptors (Lipinski definition) is 5. The van der Waals surface area contributed by atoms with Crippen molar-refractivity contribution >= 4 is 17.8 Å². The van der Waals surface area contributed by atoms with Crippen LogP contribution >= 0.6 is 0 Å². The largest absolute Gasteiger partial charge is 0.469 e. The van der Waals surface area contributed by atoms with Gasteiger partial charge < -0.3 is 19.3 Å². The number of esters is 1. The van der Waals surface area contributed by atoms with Crippen molar-refractivity contribution in [3.05, 3.63) is 35.9 Å². The average Bonchev–Trinajstić information content (AvgIpc) is 2.81. The van der Waals surface area contributed by atoms with Crippen LogP contribution in [0.25, 0.3) is 0 Å². The molecule has 1 heterocycles. The van der Waals surface area contributed by atoms with E-state index in [9.17, 15) is 14.4 Å². The van der Waals surface area contributed by atoms with Gasteiger partial charge in [-0.25, -0.2) is 0 Å². The predicted molar refractivity (Wildman–Crippen MR) is 95.1 cm³/mol. The summed E-state index contributed by atoms with van der Waals surface area (Å²) >= 11 is 0. The van der Waals surface area contributed by atoms with Gasteiger partial charge in [0.05, 0.1) is 19.8 Å². The molecule has 1 aromatic rings. The quantitative estimate of drug-likeness (QED) is 0.682. The van der Waals surface area contributed by atoms with Crippen LogP contribution in [0.5, 0.6) is 0 Å². The molecule has 1 aromatic carbocycles. The van der Waals surface area contributed by atoms with Crippen molar-refractivity contribution in [1.82, 2.24) is 9.80 Å². The molecule has 0 saturated carbocycles. The molecule has 0 bridgehead atoms. The van der Waals surface area contributed by atoms with E-state index >= 15 is 0 Å². The molecular weight excluding hydrogens is 336 g/mol. The lowest BCUT2D eigenvalue weighted by Crippen LogP contribution is -2.39. The van der Waals surface area contributed by atoms with E-state index in [0.717, 1.165) is 5.56 Å². The Morgan fingerprint density at radius 1 is 1.12 bits per heavy atom. The first-order valence-electron chi connectivity index (χ1n) is 8.72. The Morgan fingerprint density at radius 2 is 1.85 bits per heavy atom. The van der Waals surface area contributed by atoms with Crippen molar-refractivity contribution in [3.63, 3.8) is 0 Å². The summed E-state index contributed by atoms with van der Waals surface area (Å²) < 4.78 is 10.0. The van der Waals surface area contributed by atoms with Crippen molar-refractivity contribution in [3.8, 4) is 0 Å². The fourth-order valence-corrected chi connectivity index (χ4v) is 2.92.